The molecule has 0 bridgehead atoms. The summed E-state index contributed by atoms with van der Waals surface area (Å²) in [6.45, 7) is 0.485. The smallest absolute Gasteiger partial charge is 0.262 e. The average Bonchev–Trinajstić information content (AvgIpc) is 3.32. The molecule has 4 nitrogen and oxygen atoms in total. The van der Waals surface area contributed by atoms with Crippen molar-refractivity contribution in [3.63, 3.8) is 0 Å². The van der Waals surface area contributed by atoms with E-state index in [4.69, 9.17) is 0 Å². The summed E-state index contributed by atoms with van der Waals surface area (Å²) in [6.07, 6.45) is 2.26. The highest BCUT2D eigenvalue weighted by Gasteiger charge is 2.10. The first-order chi connectivity index (χ1) is 12.3. The normalized spacial score (nSPS) is 11.1. The van der Waals surface area contributed by atoms with Gasteiger partial charge < -0.3 is 5.32 Å². The van der Waals surface area contributed by atoms with Gasteiger partial charge in [0.1, 0.15) is 16.6 Å². The molecule has 0 fully saturated rings. The van der Waals surface area contributed by atoms with Crippen LogP contribution >= 0.6 is 22.7 Å². The largest absolute Gasteiger partial charge is 0.351 e. The third-order valence-electron chi connectivity index (χ3n) is 3.49. The number of hydrogen-bond acceptors (Lipinski definition) is 5. The minimum Gasteiger partial charge on any atom is -0.351 e. The van der Waals surface area contributed by atoms with Crippen molar-refractivity contribution < 1.29 is 4.79 Å². The predicted octanol–water partition coefficient (Wildman–Crippen LogP) is 4.14. The van der Waals surface area contributed by atoms with Crippen LogP contribution in [0.3, 0.4) is 0 Å². The van der Waals surface area contributed by atoms with Crippen molar-refractivity contribution >= 4 is 34.7 Å². The van der Waals surface area contributed by atoms with Gasteiger partial charge in [0.2, 0.25) is 0 Å². The van der Waals surface area contributed by atoms with E-state index in [2.05, 4.69) is 10.3 Å². The maximum absolute atomic E-state index is 12.2. The van der Waals surface area contributed by atoms with E-state index in [1.54, 1.807) is 11.3 Å². The summed E-state index contributed by atoms with van der Waals surface area (Å²) in [5.41, 5.74) is 2.89. The highest BCUT2D eigenvalue weighted by molar-refractivity contribution is 7.14. The molecule has 3 rings (SSSR count). The molecule has 0 atom stereocenters. The number of carbonyl (C=O) groups excluding carboxylic acids is 1. The Kier molecular flexibility index (Phi) is 5.73. The minimum atomic E-state index is -0.372. The summed E-state index contributed by atoms with van der Waals surface area (Å²) in [5.74, 6) is -0.372. The Bertz CT molecular complexity index is 906. The van der Waals surface area contributed by atoms with Crippen molar-refractivity contribution in [3.05, 3.63) is 69.4 Å². The standard InChI is InChI=1S/C19H15N3OS2/c20-11-16(18(23)21-8-6-14-4-2-1-3-5-14)10-17-13-25-19(22-17)15-7-9-24-12-15/h1-5,7,9-10,12-13H,6,8H2,(H,21,23)/b16-10-. The van der Waals surface area contributed by atoms with Gasteiger partial charge in [-0.1, -0.05) is 30.3 Å². The molecular weight excluding hydrogens is 350 g/mol. The van der Waals surface area contributed by atoms with Crippen LogP contribution in [0.1, 0.15) is 11.3 Å². The number of nitrogens with one attached hydrogen (secondary N) is 1. The Morgan fingerprint density at radius 3 is 2.80 bits per heavy atom. The number of nitriles is 1. The van der Waals surface area contributed by atoms with Gasteiger partial charge in [0.15, 0.2) is 0 Å². The van der Waals surface area contributed by atoms with Gasteiger partial charge in [0.05, 0.1) is 5.69 Å². The predicted molar refractivity (Wildman–Crippen MR) is 102 cm³/mol. The quantitative estimate of drug-likeness (QED) is 0.527. The fourth-order valence-corrected chi connectivity index (χ4v) is 3.72. The monoisotopic (exact) mass is 365 g/mol. The van der Waals surface area contributed by atoms with Crippen LogP contribution in [-0.2, 0) is 11.2 Å². The number of benzene rings is 1. The molecule has 0 saturated heterocycles. The fourth-order valence-electron chi connectivity index (χ4n) is 2.23. The molecule has 0 aliphatic carbocycles. The van der Waals surface area contributed by atoms with Gasteiger partial charge in [0, 0.05) is 22.9 Å². The first-order valence-corrected chi connectivity index (χ1v) is 9.50. The molecule has 1 amide bonds. The average molecular weight is 365 g/mol. The molecule has 0 aliphatic rings. The van der Waals surface area contributed by atoms with E-state index >= 15 is 0 Å². The zero-order valence-electron chi connectivity index (χ0n) is 13.3. The number of aromatic nitrogens is 1. The van der Waals surface area contributed by atoms with Crippen LogP contribution < -0.4 is 5.32 Å². The lowest BCUT2D eigenvalue weighted by atomic mass is 10.1. The highest BCUT2D eigenvalue weighted by atomic mass is 32.1. The Morgan fingerprint density at radius 2 is 2.08 bits per heavy atom. The molecule has 2 heterocycles. The van der Waals surface area contributed by atoms with Gasteiger partial charge >= 0.3 is 0 Å². The lowest BCUT2D eigenvalue weighted by Gasteiger charge is -2.04. The first kappa shape index (κ1) is 17.1. The van der Waals surface area contributed by atoms with Crippen molar-refractivity contribution in [2.24, 2.45) is 0 Å². The van der Waals surface area contributed by atoms with Crippen LogP contribution in [0.2, 0.25) is 0 Å². The van der Waals surface area contributed by atoms with Crippen molar-refractivity contribution in [2.75, 3.05) is 6.54 Å². The molecule has 0 spiro atoms. The number of thiazole rings is 1. The van der Waals surface area contributed by atoms with E-state index in [-0.39, 0.29) is 11.5 Å². The highest BCUT2D eigenvalue weighted by Crippen LogP contribution is 2.26. The van der Waals surface area contributed by atoms with Gasteiger partial charge in [-0.15, -0.1) is 11.3 Å². The molecule has 1 aromatic carbocycles. The van der Waals surface area contributed by atoms with Gasteiger partial charge in [-0.3, -0.25) is 4.79 Å². The van der Waals surface area contributed by atoms with Crippen molar-refractivity contribution in [1.29, 1.82) is 5.26 Å². The van der Waals surface area contributed by atoms with Crippen molar-refractivity contribution in [3.8, 4) is 16.6 Å². The molecule has 0 unspecified atom stereocenters. The van der Waals surface area contributed by atoms with E-state index in [0.717, 1.165) is 22.6 Å². The number of hydrogen-bond donors (Lipinski definition) is 1. The molecule has 0 radical (unpaired) electrons. The molecule has 25 heavy (non-hydrogen) atoms. The molecule has 2 aromatic heterocycles. The maximum Gasteiger partial charge on any atom is 0.262 e. The van der Waals surface area contributed by atoms with Crippen LogP contribution in [0, 0.1) is 11.3 Å². The Hall–Kier alpha value is -2.75. The van der Waals surface area contributed by atoms with E-state index in [9.17, 15) is 10.1 Å². The molecular formula is C19H15N3OS2. The second-order valence-corrected chi connectivity index (χ2v) is 6.89. The number of thiophene rings is 1. The number of rotatable bonds is 6. The van der Waals surface area contributed by atoms with Crippen molar-refractivity contribution in [1.82, 2.24) is 10.3 Å². The van der Waals surface area contributed by atoms with Crippen LogP contribution in [0.4, 0.5) is 0 Å². The Balaban J connectivity index is 1.62. The topological polar surface area (TPSA) is 65.8 Å². The summed E-state index contributed by atoms with van der Waals surface area (Å²) in [5, 5.41) is 18.8. The van der Waals surface area contributed by atoms with Gasteiger partial charge in [-0.2, -0.15) is 16.6 Å². The SMILES string of the molecule is N#C/C(=C/c1csc(-c2ccsc2)n1)C(=O)NCCc1ccccc1. The maximum atomic E-state index is 12.2. The van der Waals surface area contributed by atoms with Crippen molar-refractivity contribution in [2.45, 2.75) is 6.42 Å². The lowest BCUT2D eigenvalue weighted by Crippen LogP contribution is -2.26. The van der Waals surface area contributed by atoms with E-state index in [1.165, 1.54) is 17.4 Å². The third-order valence-corrected chi connectivity index (χ3v) is 5.08. The summed E-state index contributed by atoms with van der Waals surface area (Å²) < 4.78 is 0. The summed E-state index contributed by atoms with van der Waals surface area (Å²) in [4.78, 5) is 16.6. The first-order valence-electron chi connectivity index (χ1n) is 7.68. The van der Waals surface area contributed by atoms with Crippen LogP contribution in [-0.4, -0.2) is 17.4 Å². The molecule has 3 aromatic rings. The lowest BCUT2D eigenvalue weighted by molar-refractivity contribution is -0.117. The van der Waals surface area contributed by atoms with E-state index in [0.29, 0.717) is 12.2 Å². The zero-order chi connectivity index (χ0) is 17.5. The van der Waals surface area contributed by atoms with Gasteiger partial charge in [-0.25, -0.2) is 4.98 Å². The fraction of sp³-hybridized carbons (Fsp3) is 0.105. The summed E-state index contributed by atoms with van der Waals surface area (Å²) >= 11 is 3.11. The molecule has 0 aliphatic heterocycles. The van der Waals surface area contributed by atoms with Crippen LogP contribution in [0.15, 0.2) is 58.1 Å². The van der Waals surface area contributed by atoms with Crippen LogP contribution in [0.5, 0.6) is 0 Å². The van der Waals surface area contributed by atoms with Gasteiger partial charge in [0.25, 0.3) is 5.91 Å². The van der Waals surface area contributed by atoms with Crippen LogP contribution in [0.25, 0.3) is 16.6 Å². The number of nitrogens with zero attached hydrogens (tertiary/aromatic N) is 2. The number of amides is 1. The summed E-state index contributed by atoms with van der Waals surface area (Å²) in [7, 11) is 0. The molecule has 0 saturated carbocycles. The molecule has 1 N–H and O–H groups in total. The summed E-state index contributed by atoms with van der Waals surface area (Å²) in [6, 6.07) is 13.9. The Labute approximate surface area is 154 Å². The minimum absolute atomic E-state index is 0.0650. The molecule has 124 valence electrons. The van der Waals surface area contributed by atoms with E-state index < -0.39 is 0 Å². The second-order valence-electron chi connectivity index (χ2n) is 5.25. The second kappa shape index (κ2) is 8.38. The van der Waals surface area contributed by atoms with E-state index in [1.807, 2.05) is 58.6 Å². The zero-order valence-corrected chi connectivity index (χ0v) is 14.9. The Morgan fingerprint density at radius 1 is 1.24 bits per heavy atom. The van der Waals surface area contributed by atoms with Gasteiger partial charge in [-0.05, 0) is 29.5 Å². The number of carbonyl (C=O) groups is 1. The molecule has 6 heteroatoms. The third kappa shape index (κ3) is 4.63.